The molecule has 0 saturated carbocycles. The number of allylic oxidation sites excluding steroid dienone is 2. The van der Waals surface area contributed by atoms with Crippen LogP contribution >= 0.6 is 0 Å². The molecule has 63 heavy (non-hydrogen) atoms. The summed E-state index contributed by atoms with van der Waals surface area (Å²) in [6.45, 7) is 4.02. The predicted molar refractivity (Wildman–Crippen MR) is 263 cm³/mol. The van der Waals surface area contributed by atoms with Crippen molar-refractivity contribution in [2.75, 3.05) is 6.61 Å². The van der Waals surface area contributed by atoms with Gasteiger partial charge in [0.1, 0.15) is 24.4 Å². The Bertz CT molecular complexity index is 1010. The second-order valence-corrected chi connectivity index (χ2v) is 19.6. The highest BCUT2D eigenvalue weighted by atomic mass is 16.5. The molecule has 1 aliphatic heterocycles. The fourth-order valence-electron chi connectivity index (χ4n) is 9.30. The number of hydrogen-bond acceptors (Lipinski definition) is 8. The highest BCUT2D eigenvalue weighted by Crippen LogP contribution is 2.26. The van der Waals surface area contributed by atoms with Gasteiger partial charge in [-0.3, -0.25) is 4.79 Å². The van der Waals surface area contributed by atoms with E-state index in [0.717, 1.165) is 51.4 Å². The van der Waals surface area contributed by atoms with Crippen molar-refractivity contribution < 1.29 is 40.2 Å². The minimum absolute atomic E-state index is 0.156. The molecular formula is C54H105NO8. The molecule has 1 amide bonds. The topological polar surface area (TPSA) is 160 Å². The summed E-state index contributed by atoms with van der Waals surface area (Å²) < 4.78 is 5.69. The Labute approximate surface area is 388 Å². The number of carbonyl (C=O) groups is 1. The average molecular weight is 896 g/mol. The highest BCUT2D eigenvalue weighted by molar-refractivity contribution is 5.76. The monoisotopic (exact) mass is 896 g/mol. The summed E-state index contributed by atoms with van der Waals surface area (Å²) in [6, 6.07) is -0.769. The summed E-state index contributed by atoms with van der Waals surface area (Å²) >= 11 is 0. The third-order valence-electron chi connectivity index (χ3n) is 13.7. The van der Waals surface area contributed by atoms with Gasteiger partial charge in [0, 0.05) is 6.42 Å². The largest absolute Gasteiger partial charge is 0.394 e. The lowest BCUT2D eigenvalue weighted by molar-refractivity contribution is -0.231. The Balaban J connectivity index is 2.24. The van der Waals surface area contributed by atoms with Crippen LogP contribution in [-0.4, -0.2) is 91.9 Å². The van der Waals surface area contributed by atoms with Gasteiger partial charge in [-0.1, -0.05) is 225 Å². The van der Waals surface area contributed by atoms with E-state index in [4.69, 9.17) is 4.74 Å². The molecular weight excluding hydrogens is 791 g/mol. The average Bonchev–Trinajstić information content (AvgIpc) is 3.28. The van der Waals surface area contributed by atoms with Gasteiger partial charge in [-0.2, -0.15) is 0 Å². The second-order valence-electron chi connectivity index (χ2n) is 19.6. The van der Waals surface area contributed by atoms with E-state index in [1.165, 1.54) is 180 Å². The first kappa shape index (κ1) is 59.9. The molecule has 0 spiro atoms. The van der Waals surface area contributed by atoms with Crippen molar-refractivity contribution in [3.8, 4) is 0 Å². The zero-order valence-electron chi connectivity index (χ0n) is 41.3. The summed E-state index contributed by atoms with van der Waals surface area (Å²) in [6.07, 6.45) is 43.1. The second kappa shape index (κ2) is 43.5. The molecule has 374 valence electrons. The summed E-state index contributed by atoms with van der Waals surface area (Å²) in [7, 11) is 0. The van der Waals surface area contributed by atoms with Crippen LogP contribution in [0.25, 0.3) is 0 Å². The standard InChI is InChI=1S/C54H105NO8/c1-3-5-7-9-11-13-15-17-18-19-20-21-22-23-24-25-26-27-28-29-30-32-34-36-38-40-42-50(58)55-46(43-44-48-52(60)54(62)53(61)49(45-56)63-48)51(59)47(57)41-39-37-35-33-31-16-14-12-10-8-6-4-2/h27-28,46-49,51-54,56-57,59-62H,3-26,29-45H2,1-2H3,(H,55,58)/t46-,47+,48-,49?,51-,52?,53-,54+/m0/s1. The molecule has 8 atom stereocenters. The lowest BCUT2D eigenvalue weighted by Gasteiger charge is -2.40. The third-order valence-corrected chi connectivity index (χ3v) is 13.7. The van der Waals surface area contributed by atoms with Crippen LogP contribution in [0.3, 0.4) is 0 Å². The van der Waals surface area contributed by atoms with Gasteiger partial charge in [0.05, 0.1) is 31.0 Å². The minimum Gasteiger partial charge on any atom is -0.394 e. The van der Waals surface area contributed by atoms with Crippen LogP contribution in [0, 0.1) is 0 Å². The molecule has 0 aromatic rings. The molecule has 1 saturated heterocycles. The van der Waals surface area contributed by atoms with E-state index in [1.807, 2.05) is 0 Å². The van der Waals surface area contributed by atoms with Gasteiger partial charge in [0.25, 0.3) is 0 Å². The van der Waals surface area contributed by atoms with Crippen molar-refractivity contribution >= 4 is 5.91 Å². The van der Waals surface area contributed by atoms with E-state index >= 15 is 0 Å². The van der Waals surface area contributed by atoms with E-state index < -0.39 is 55.4 Å². The van der Waals surface area contributed by atoms with Crippen LogP contribution < -0.4 is 5.32 Å². The Morgan fingerprint density at radius 2 is 0.857 bits per heavy atom. The zero-order chi connectivity index (χ0) is 46.0. The number of amides is 1. The predicted octanol–water partition coefficient (Wildman–Crippen LogP) is 12.2. The van der Waals surface area contributed by atoms with Gasteiger partial charge < -0.3 is 40.7 Å². The fourth-order valence-corrected chi connectivity index (χ4v) is 9.30. The Morgan fingerprint density at radius 3 is 1.27 bits per heavy atom. The minimum atomic E-state index is -1.48. The van der Waals surface area contributed by atoms with Crippen LogP contribution in [-0.2, 0) is 9.53 Å². The molecule has 7 N–H and O–H groups in total. The normalized spacial score (nSPS) is 20.7. The number of carbonyl (C=O) groups excluding carboxylic acids is 1. The van der Waals surface area contributed by atoms with Crippen molar-refractivity contribution in [2.45, 2.75) is 319 Å². The summed E-state index contributed by atoms with van der Waals surface area (Å²) in [5.41, 5.74) is 0. The Kier molecular flexibility index (Phi) is 41.4. The first-order valence-electron chi connectivity index (χ1n) is 27.4. The molecule has 1 rings (SSSR count). The summed E-state index contributed by atoms with van der Waals surface area (Å²) in [4.78, 5) is 13.1. The Hall–Kier alpha value is -1.07. The lowest BCUT2D eigenvalue weighted by Crippen LogP contribution is -2.59. The first-order valence-corrected chi connectivity index (χ1v) is 27.4. The smallest absolute Gasteiger partial charge is 0.220 e. The summed E-state index contributed by atoms with van der Waals surface area (Å²) in [5, 5.41) is 65.9. The maximum Gasteiger partial charge on any atom is 0.220 e. The molecule has 1 heterocycles. The molecule has 0 bridgehead atoms. The van der Waals surface area contributed by atoms with Crippen molar-refractivity contribution in [3.05, 3.63) is 12.2 Å². The van der Waals surface area contributed by atoms with E-state index in [0.29, 0.717) is 12.8 Å². The van der Waals surface area contributed by atoms with Crippen LogP contribution in [0.5, 0.6) is 0 Å². The number of nitrogens with one attached hydrogen (secondary N) is 1. The van der Waals surface area contributed by atoms with E-state index in [-0.39, 0.29) is 18.7 Å². The molecule has 2 unspecified atom stereocenters. The maximum atomic E-state index is 13.1. The maximum absolute atomic E-state index is 13.1. The van der Waals surface area contributed by atoms with Crippen LogP contribution in [0.15, 0.2) is 12.2 Å². The fraction of sp³-hybridized carbons (Fsp3) is 0.944. The van der Waals surface area contributed by atoms with Gasteiger partial charge in [-0.15, -0.1) is 0 Å². The lowest BCUT2D eigenvalue weighted by atomic mass is 9.90. The van der Waals surface area contributed by atoms with Crippen molar-refractivity contribution in [3.63, 3.8) is 0 Å². The van der Waals surface area contributed by atoms with E-state index in [1.54, 1.807) is 0 Å². The molecule has 9 heteroatoms. The molecule has 1 aliphatic rings. The van der Waals surface area contributed by atoms with Crippen molar-refractivity contribution in [1.82, 2.24) is 5.32 Å². The first-order chi connectivity index (χ1) is 30.8. The quantitative estimate of drug-likeness (QED) is 0.0235. The van der Waals surface area contributed by atoms with Crippen LogP contribution in [0.2, 0.25) is 0 Å². The molecule has 9 nitrogen and oxygen atoms in total. The number of unbranched alkanes of at least 4 members (excludes halogenated alkanes) is 33. The third kappa shape index (κ3) is 33.1. The van der Waals surface area contributed by atoms with Gasteiger partial charge in [0.2, 0.25) is 5.91 Å². The van der Waals surface area contributed by atoms with Crippen LogP contribution in [0.4, 0.5) is 0 Å². The zero-order valence-corrected chi connectivity index (χ0v) is 41.3. The number of ether oxygens (including phenoxy) is 1. The highest BCUT2D eigenvalue weighted by Gasteiger charge is 2.43. The molecule has 0 radical (unpaired) electrons. The number of hydrogen-bond donors (Lipinski definition) is 7. The number of rotatable bonds is 46. The number of aliphatic hydroxyl groups excluding tert-OH is 6. The molecule has 1 fully saturated rings. The SMILES string of the molecule is CCCCCCCCCCCCCCCCCCC=CCCCCCCCCC(=O)N[C@@H](CC[C@@H]1OC(CO)[C@H](O)[C@H](O)C1O)[C@H](O)[C@H](O)CCCCCCCCCCCCCC. The summed E-state index contributed by atoms with van der Waals surface area (Å²) in [5.74, 6) is -0.181. The van der Waals surface area contributed by atoms with Gasteiger partial charge in [-0.25, -0.2) is 0 Å². The Morgan fingerprint density at radius 1 is 0.492 bits per heavy atom. The van der Waals surface area contributed by atoms with E-state index in [9.17, 15) is 35.4 Å². The molecule has 0 aromatic carbocycles. The van der Waals surface area contributed by atoms with Gasteiger partial charge >= 0.3 is 0 Å². The van der Waals surface area contributed by atoms with Crippen LogP contribution in [0.1, 0.15) is 271 Å². The van der Waals surface area contributed by atoms with E-state index in [2.05, 4.69) is 31.3 Å². The number of aliphatic hydroxyl groups is 6. The van der Waals surface area contributed by atoms with Crippen molar-refractivity contribution in [2.24, 2.45) is 0 Å². The molecule has 0 aromatic heterocycles. The van der Waals surface area contributed by atoms with Crippen molar-refractivity contribution in [1.29, 1.82) is 0 Å². The van der Waals surface area contributed by atoms with Gasteiger partial charge in [0.15, 0.2) is 0 Å². The van der Waals surface area contributed by atoms with Gasteiger partial charge in [-0.05, 0) is 51.4 Å². The molecule has 0 aliphatic carbocycles.